The zero-order valence-corrected chi connectivity index (χ0v) is 14.7. The summed E-state index contributed by atoms with van der Waals surface area (Å²) in [5.41, 5.74) is 0.538. The third-order valence-electron chi connectivity index (χ3n) is 5.11. The molecule has 1 saturated heterocycles. The molecule has 2 fully saturated rings. The van der Waals surface area contributed by atoms with E-state index >= 15 is 0 Å². The first kappa shape index (κ1) is 17.4. The lowest BCUT2D eigenvalue weighted by Gasteiger charge is -2.29. The van der Waals surface area contributed by atoms with Crippen molar-refractivity contribution < 1.29 is 18.0 Å². The highest BCUT2D eigenvalue weighted by Crippen LogP contribution is 2.36. The van der Waals surface area contributed by atoms with Gasteiger partial charge in [0.05, 0.1) is 12.0 Å². The number of nitrogens with one attached hydrogen (secondary N) is 1. The smallest absolute Gasteiger partial charge is 0.262 e. The second-order valence-corrected chi connectivity index (χ2v) is 8.21. The van der Waals surface area contributed by atoms with E-state index in [2.05, 4.69) is 4.84 Å². The van der Waals surface area contributed by atoms with E-state index in [1.807, 2.05) is 9.79 Å². The van der Waals surface area contributed by atoms with Crippen LogP contribution in [0.1, 0.15) is 48.9 Å². The Bertz CT molecular complexity index is 681. The van der Waals surface area contributed by atoms with Crippen LogP contribution in [0.4, 0.5) is 0 Å². The molecule has 1 aliphatic heterocycles. The lowest BCUT2D eigenvalue weighted by molar-refractivity contribution is 0.0689. The van der Waals surface area contributed by atoms with Crippen LogP contribution in [0.3, 0.4) is 0 Å². The van der Waals surface area contributed by atoms with Crippen molar-refractivity contribution in [2.75, 3.05) is 13.7 Å². The molecule has 7 heteroatoms. The molecule has 1 atom stereocenters. The van der Waals surface area contributed by atoms with E-state index in [0.29, 0.717) is 17.5 Å². The lowest BCUT2D eigenvalue weighted by atomic mass is 9.95. The Morgan fingerprint density at radius 3 is 2.42 bits per heavy atom. The van der Waals surface area contributed by atoms with Crippen LogP contribution >= 0.6 is 0 Å². The number of sulfonamides is 1. The molecule has 1 N–H and O–H groups in total. The highest BCUT2D eigenvalue weighted by Gasteiger charge is 2.36. The maximum atomic E-state index is 12.8. The van der Waals surface area contributed by atoms with Crippen LogP contribution in [-0.2, 0) is 14.9 Å². The van der Waals surface area contributed by atoms with Gasteiger partial charge in [0.2, 0.25) is 0 Å². The highest BCUT2D eigenvalue weighted by atomic mass is 32.2. The van der Waals surface area contributed by atoms with Gasteiger partial charge in [-0.2, -0.15) is 0 Å². The van der Waals surface area contributed by atoms with E-state index in [9.17, 15) is 13.2 Å². The van der Waals surface area contributed by atoms with Crippen molar-refractivity contribution in [1.29, 1.82) is 0 Å². The van der Waals surface area contributed by atoms with Gasteiger partial charge in [0, 0.05) is 18.2 Å². The van der Waals surface area contributed by atoms with Crippen LogP contribution in [0, 0.1) is 5.92 Å². The number of amides is 1. The molecule has 24 heavy (non-hydrogen) atoms. The standard InChI is InChI=1S/C17H24N2O4S/c1-23-18-24(21,22)15-10-8-14(9-11-15)17(20)19-12-4-7-16(19)13-5-2-3-6-13/h8-11,13,16,18H,2-7,12H2,1H3/t16-/m0/s1. The van der Waals surface area contributed by atoms with Crippen LogP contribution in [-0.4, -0.2) is 38.9 Å². The fourth-order valence-electron chi connectivity index (χ4n) is 3.98. The van der Waals surface area contributed by atoms with Crippen LogP contribution in [0.5, 0.6) is 0 Å². The van der Waals surface area contributed by atoms with Gasteiger partial charge in [0.25, 0.3) is 15.9 Å². The summed E-state index contributed by atoms with van der Waals surface area (Å²) in [6.45, 7) is 0.797. The average molecular weight is 352 g/mol. The zero-order valence-electron chi connectivity index (χ0n) is 13.9. The third-order valence-corrected chi connectivity index (χ3v) is 6.39. The van der Waals surface area contributed by atoms with E-state index in [1.165, 1.54) is 44.9 Å². The maximum Gasteiger partial charge on any atom is 0.262 e. The van der Waals surface area contributed by atoms with Crippen molar-refractivity contribution in [1.82, 2.24) is 9.79 Å². The summed E-state index contributed by atoms with van der Waals surface area (Å²) in [6.07, 6.45) is 7.10. The molecule has 0 bridgehead atoms. The van der Waals surface area contributed by atoms with Crippen molar-refractivity contribution in [2.24, 2.45) is 5.92 Å². The van der Waals surface area contributed by atoms with Gasteiger partial charge in [-0.3, -0.25) is 9.63 Å². The van der Waals surface area contributed by atoms with Gasteiger partial charge >= 0.3 is 0 Å². The first-order valence-electron chi connectivity index (χ1n) is 8.49. The molecule has 0 radical (unpaired) electrons. The van der Waals surface area contributed by atoms with Crippen molar-refractivity contribution in [3.8, 4) is 0 Å². The number of hydrogen-bond donors (Lipinski definition) is 1. The molecule has 1 aromatic rings. The number of carbonyl (C=O) groups is 1. The van der Waals surface area contributed by atoms with Gasteiger partial charge in [0.15, 0.2) is 0 Å². The average Bonchev–Trinajstić information content (AvgIpc) is 3.25. The number of carbonyl (C=O) groups excluding carboxylic acids is 1. The number of nitrogens with zero attached hydrogens (tertiary/aromatic N) is 1. The molecule has 0 aromatic heterocycles. The molecule has 1 heterocycles. The van der Waals surface area contributed by atoms with Gasteiger partial charge in [-0.1, -0.05) is 17.7 Å². The van der Waals surface area contributed by atoms with Gasteiger partial charge < -0.3 is 4.90 Å². The molecule has 6 nitrogen and oxygen atoms in total. The minimum Gasteiger partial charge on any atom is -0.335 e. The number of likely N-dealkylation sites (tertiary alicyclic amines) is 1. The van der Waals surface area contributed by atoms with Gasteiger partial charge in [-0.05, 0) is 55.9 Å². The molecular formula is C17H24N2O4S. The normalized spacial score (nSPS) is 22.2. The SMILES string of the molecule is CONS(=O)(=O)c1ccc(C(=O)N2CCC[C@H]2C2CCCC2)cc1. The van der Waals surface area contributed by atoms with Crippen molar-refractivity contribution in [3.05, 3.63) is 29.8 Å². The second-order valence-electron chi connectivity index (χ2n) is 6.57. The minimum absolute atomic E-state index is 0.00745. The summed E-state index contributed by atoms with van der Waals surface area (Å²) in [6, 6.07) is 6.39. The Morgan fingerprint density at radius 2 is 1.79 bits per heavy atom. The predicted octanol–water partition coefficient (Wildman–Crippen LogP) is 2.32. The summed E-state index contributed by atoms with van der Waals surface area (Å²) in [5, 5.41) is 0. The van der Waals surface area contributed by atoms with Crippen molar-refractivity contribution in [2.45, 2.75) is 49.5 Å². The second kappa shape index (κ2) is 7.21. The van der Waals surface area contributed by atoms with Gasteiger partial charge in [0.1, 0.15) is 0 Å². The molecule has 1 amide bonds. The summed E-state index contributed by atoms with van der Waals surface area (Å²) < 4.78 is 23.7. The Hall–Kier alpha value is -1.44. The van der Waals surface area contributed by atoms with Crippen LogP contribution < -0.4 is 4.89 Å². The highest BCUT2D eigenvalue weighted by molar-refractivity contribution is 7.89. The molecule has 3 rings (SSSR count). The zero-order chi connectivity index (χ0) is 17.2. The maximum absolute atomic E-state index is 12.8. The molecule has 0 unspecified atom stereocenters. The van der Waals surface area contributed by atoms with Crippen LogP contribution in [0.25, 0.3) is 0 Å². The predicted molar refractivity (Wildman–Crippen MR) is 89.8 cm³/mol. The largest absolute Gasteiger partial charge is 0.335 e. The quantitative estimate of drug-likeness (QED) is 0.825. The van der Waals surface area contributed by atoms with Gasteiger partial charge in [-0.25, -0.2) is 8.42 Å². The number of benzene rings is 1. The monoisotopic (exact) mass is 352 g/mol. The van der Waals surface area contributed by atoms with E-state index in [0.717, 1.165) is 19.4 Å². The fourth-order valence-corrected chi connectivity index (χ4v) is 4.79. The van der Waals surface area contributed by atoms with E-state index in [1.54, 1.807) is 12.1 Å². The number of rotatable bonds is 5. The molecule has 0 spiro atoms. The molecular weight excluding hydrogens is 328 g/mol. The molecule has 132 valence electrons. The summed E-state index contributed by atoms with van der Waals surface area (Å²) >= 11 is 0. The first-order chi connectivity index (χ1) is 11.5. The Labute approximate surface area is 143 Å². The van der Waals surface area contributed by atoms with E-state index in [-0.39, 0.29) is 10.8 Å². The van der Waals surface area contributed by atoms with Crippen LogP contribution in [0.15, 0.2) is 29.2 Å². The summed E-state index contributed by atoms with van der Waals surface area (Å²) in [5.74, 6) is 0.634. The molecule has 1 aliphatic carbocycles. The summed E-state index contributed by atoms with van der Waals surface area (Å²) in [7, 11) is -2.45. The molecule has 2 aliphatic rings. The topological polar surface area (TPSA) is 75.7 Å². The Balaban J connectivity index is 1.75. The van der Waals surface area contributed by atoms with Crippen molar-refractivity contribution >= 4 is 15.9 Å². The third kappa shape index (κ3) is 3.48. The Morgan fingerprint density at radius 1 is 1.12 bits per heavy atom. The van der Waals surface area contributed by atoms with Crippen molar-refractivity contribution in [3.63, 3.8) is 0 Å². The fraction of sp³-hybridized carbons (Fsp3) is 0.588. The summed E-state index contributed by atoms with van der Waals surface area (Å²) in [4.78, 5) is 21.3. The van der Waals surface area contributed by atoms with Crippen LogP contribution in [0.2, 0.25) is 0 Å². The minimum atomic E-state index is -3.69. The molecule has 1 saturated carbocycles. The lowest BCUT2D eigenvalue weighted by Crippen LogP contribution is -2.39. The Kier molecular flexibility index (Phi) is 5.22. The molecule has 1 aromatic carbocycles. The number of hydrogen-bond acceptors (Lipinski definition) is 4. The van der Waals surface area contributed by atoms with Gasteiger partial charge in [-0.15, -0.1) is 0 Å². The van der Waals surface area contributed by atoms with E-state index < -0.39 is 10.0 Å². The first-order valence-corrected chi connectivity index (χ1v) is 9.97. The van der Waals surface area contributed by atoms with E-state index in [4.69, 9.17) is 0 Å².